The van der Waals surface area contributed by atoms with E-state index in [1.807, 2.05) is 18.2 Å². The van der Waals surface area contributed by atoms with Crippen molar-refractivity contribution in [3.63, 3.8) is 0 Å². The maximum absolute atomic E-state index is 12.4. The van der Waals surface area contributed by atoms with Crippen LogP contribution in [0.5, 0.6) is 11.5 Å². The molecule has 0 saturated heterocycles. The zero-order valence-corrected chi connectivity index (χ0v) is 17.1. The van der Waals surface area contributed by atoms with E-state index in [1.165, 1.54) is 18.0 Å². The highest BCUT2D eigenvalue weighted by atomic mass is 16.5. The van der Waals surface area contributed by atoms with Crippen LogP contribution in [-0.4, -0.2) is 32.6 Å². The van der Waals surface area contributed by atoms with Crippen molar-refractivity contribution in [3.05, 3.63) is 59.8 Å². The Morgan fingerprint density at radius 3 is 2.50 bits per heavy atom. The molecular weight excluding hydrogens is 384 g/mol. The monoisotopic (exact) mass is 408 g/mol. The number of ether oxygens (including phenoxy) is 2. The van der Waals surface area contributed by atoms with Gasteiger partial charge < -0.3 is 20.5 Å². The number of hydrogen-bond acceptors (Lipinski definition) is 6. The van der Waals surface area contributed by atoms with E-state index < -0.39 is 5.91 Å². The van der Waals surface area contributed by atoms with Crippen LogP contribution >= 0.6 is 0 Å². The molecule has 2 aromatic carbocycles. The lowest BCUT2D eigenvalue weighted by Crippen LogP contribution is -2.29. The summed E-state index contributed by atoms with van der Waals surface area (Å²) >= 11 is 0. The number of nitrogens with two attached hydrogens (primary N) is 1. The van der Waals surface area contributed by atoms with E-state index in [0.717, 1.165) is 5.56 Å². The van der Waals surface area contributed by atoms with Crippen molar-refractivity contribution in [1.82, 2.24) is 5.32 Å². The molecule has 156 valence electrons. The van der Waals surface area contributed by atoms with Crippen LogP contribution in [0.4, 0.5) is 11.4 Å². The van der Waals surface area contributed by atoms with Gasteiger partial charge in [-0.2, -0.15) is 5.26 Å². The number of hydrogen-bond donors (Lipinski definition) is 2. The molecule has 8 nitrogen and oxygen atoms in total. The first-order valence-corrected chi connectivity index (χ1v) is 9.16. The Balaban J connectivity index is 2.08. The van der Waals surface area contributed by atoms with E-state index in [4.69, 9.17) is 15.2 Å². The average molecular weight is 408 g/mol. The predicted octanol–water partition coefficient (Wildman–Crippen LogP) is 2.41. The van der Waals surface area contributed by atoms with Gasteiger partial charge in [-0.15, -0.1) is 0 Å². The Bertz CT molecular complexity index is 995. The van der Waals surface area contributed by atoms with E-state index in [0.29, 0.717) is 35.8 Å². The third-order valence-electron chi connectivity index (χ3n) is 4.26. The molecule has 3 N–H and O–H groups in total. The van der Waals surface area contributed by atoms with Crippen LogP contribution in [0.15, 0.2) is 54.2 Å². The normalized spacial score (nSPS) is 10.7. The summed E-state index contributed by atoms with van der Waals surface area (Å²) in [5.74, 6) is 0.281. The van der Waals surface area contributed by atoms with E-state index >= 15 is 0 Å². The minimum Gasteiger partial charge on any atom is -0.493 e. The molecule has 0 saturated carbocycles. The third-order valence-corrected chi connectivity index (χ3v) is 4.26. The molecule has 0 heterocycles. The number of rotatable bonds is 8. The zero-order valence-electron chi connectivity index (χ0n) is 17.1. The summed E-state index contributed by atoms with van der Waals surface area (Å²) in [6.07, 6.45) is 1.74. The van der Waals surface area contributed by atoms with Crippen molar-refractivity contribution < 1.29 is 19.1 Å². The van der Waals surface area contributed by atoms with Gasteiger partial charge in [0.25, 0.3) is 5.91 Å². The number of amides is 2. The molecule has 0 aliphatic carbocycles. The summed E-state index contributed by atoms with van der Waals surface area (Å²) in [4.78, 5) is 25.7. The maximum atomic E-state index is 12.4. The van der Waals surface area contributed by atoms with Crippen molar-refractivity contribution in [2.24, 2.45) is 0 Å². The van der Waals surface area contributed by atoms with Gasteiger partial charge in [0.1, 0.15) is 11.6 Å². The smallest absolute Gasteiger partial charge is 0.263 e. The molecule has 0 aliphatic rings. The number of nitriles is 1. The lowest BCUT2D eigenvalue weighted by molar-refractivity contribution is -0.117. The number of anilines is 2. The second-order valence-corrected chi connectivity index (χ2v) is 6.33. The molecule has 0 bridgehead atoms. The van der Waals surface area contributed by atoms with E-state index in [1.54, 1.807) is 44.6 Å². The molecule has 2 rings (SSSR count). The molecule has 2 aromatic rings. The van der Waals surface area contributed by atoms with Crippen molar-refractivity contribution in [2.75, 3.05) is 31.4 Å². The molecule has 0 radical (unpaired) electrons. The lowest BCUT2D eigenvalue weighted by Gasteiger charge is -2.17. The highest BCUT2D eigenvalue weighted by molar-refractivity contribution is 6.01. The van der Waals surface area contributed by atoms with Gasteiger partial charge in [0.05, 0.1) is 19.9 Å². The van der Waals surface area contributed by atoms with Crippen LogP contribution < -0.4 is 25.4 Å². The van der Waals surface area contributed by atoms with Crippen molar-refractivity contribution >= 4 is 23.2 Å². The molecule has 0 atom stereocenters. The van der Waals surface area contributed by atoms with Gasteiger partial charge in [0.2, 0.25) is 5.91 Å². The summed E-state index contributed by atoms with van der Waals surface area (Å²) in [5.41, 5.74) is 7.43. The number of carbonyl (C=O) groups excluding carboxylic acids is 2. The first kappa shape index (κ1) is 22.3. The Morgan fingerprint density at radius 2 is 1.90 bits per heavy atom. The molecule has 0 aliphatic heterocycles. The first-order chi connectivity index (χ1) is 14.4. The molecule has 0 fully saturated rings. The first-order valence-electron chi connectivity index (χ1n) is 9.16. The third kappa shape index (κ3) is 5.75. The van der Waals surface area contributed by atoms with Gasteiger partial charge in [-0.1, -0.05) is 12.1 Å². The number of nitrogens with one attached hydrogen (secondary N) is 1. The number of methoxy groups -OCH3 is 2. The maximum Gasteiger partial charge on any atom is 0.263 e. The van der Waals surface area contributed by atoms with Crippen molar-refractivity contribution in [2.45, 2.75) is 13.3 Å². The van der Waals surface area contributed by atoms with Crippen LogP contribution in [0.25, 0.3) is 0 Å². The van der Waals surface area contributed by atoms with Crippen LogP contribution in [0.3, 0.4) is 0 Å². The summed E-state index contributed by atoms with van der Waals surface area (Å²) in [7, 11) is 3.11. The van der Waals surface area contributed by atoms with E-state index in [-0.39, 0.29) is 11.5 Å². The average Bonchev–Trinajstić information content (AvgIpc) is 2.73. The Kier molecular flexibility index (Phi) is 7.82. The van der Waals surface area contributed by atoms with Crippen LogP contribution in [-0.2, 0) is 16.0 Å². The van der Waals surface area contributed by atoms with Crippen LogP contribution in [0.2, 0.25) is 0 Å². The van der Waals surface area contributed by atoms with Gasteiger partial charge in [-0.3, -0.25) is 14.5 Å². The van der Waals surface area contributed by atoms with E-state index in [2.05, 4.69) is 5.32 Å². The van der Waals surface area contributed by atoms with Crippen molar-refractivity contribution in [3.8, 4) is 17.6 Å². The van der Waals surface area contributed by atoms with Crippen LogP contribution in [0, 0.1) is 11.3 Å². The highest BCUT2D eigenvalue weighted by Crippen LogP contribution is 2.27. The Labute approximate surface area is 175 Å². The van der Waals surface area contributed by atoms with Gasteiger partial charge in [0, 0.05) is 25.4 Å². The number of nitrogen functional groups attached to an aromatic ring is 1. The van der Waals surface area contributed by atoms with Gasteiger partial charge in [0.15, 0.2) is 11.5 Å². The molecular formula is C22H24N4O4. The highest BCUT2D eigenvalue weighted by Gasteiger charge is 2.15. The largest absolute Gasteiger partial charge is 0.493 e. The van der Waals surface area contributed by atoms with Gasteiger partial charge in [-0.25, -0.2) is 0 Å². The van der Waals surface area contributed by atoms with Gasteiger partial charge in [-0.05, 0) is 42.3 Å². The molecule has 2 amide bonds. The topological polar surface area (TPSA) is 118 Å². The fourth-order valence-electron chi connectivity index (χ4n) is 2.74. The molecule has 0 spiro atoms. The number of carbonyl (C=O) groups is 2. The van der Waals surface area contributed by atoms with Gasteiger partial charge >= 0.3 is 0 Å². The number of benzene rings is 2. The second-order valence-electron chi connectivity index (χ2n) is 6.33. The quantitative estimate of drug-likeness (QED) is 0.393. The van der Waals surface area contributed by atoms with Crippen LogP contribution in [0.1, 0.15) is 12.5 Å². The minimum absolute atomic E-state index is 0.195. The zero-order chi connectivity index (χ0) is 22.1. The molecule has 0 unspecified atom stereocenters. The second kappa shape index (κ2) is 10.5. The minimum atomic E-state index is -0.576. The fourth-order valence-corrected chi connectivity index (χ4v) is 2.74. The molecule has 30 heavy (non-hydrogen) atoms. The van der Waals surface area contributed by atoms with E-state index in [9.17, 15) is 14.9 Å². The Morgan fingerprint density at radius 1 is 1.17 bits per heavy atom. The standard InChI is InChI=1S/C22H24N4O4/c1-15(27)26(19-6-4-5-18(24)12-19)14-17(13-23)22(28)25-10-9-16-7-8-20(29-2)21(11-16)30-3/h4-8,11-12,14H,9-10,24H2,1-3H3,(H,25,28)/b17-14-. The summed E-state index contributed by atoms with van der Waals surface area (Å²) in [5, 5.41) is 12.1. The Hall–Kier alpha value is -3.99. The molecule has 0 aromatic heterocycles. The lowest BCUT2D eigenvalue weighted by atomic mass is 10.1. The SMILES string of the molecule is COc1ccc(CCNC(=O)/C(C#N)=C\N(C(C)=O)c2cccc(N)c2)cc1OC. The molecule has 8 heteroatoms. The van der Waals surface area contributed by atoms with Crippen molar-refractivity contribution in [1.29, 1.82) is 5.26 Å². The summed E-state index contributed by atoms with van der Waals surface area (Å²) < 4.78 is 10.5. The summed E-state index contributed by atoms with van der Waals surface area (Å²) in [6, 6.07) is 13.9. The fraction of sp³-hybridized carbons (Fsp3) is 0.227. The predicted molar refractivity (Wildman–Crippen MR) is 114 cm³/mol. The number of nitrogens with zero attached hydrogens (tertiary/aromatic N) is 2. The summed E-state index contributed by atoms with van der Waals surface area (Å²) in [6.45, 7) is 1.63.